The number of rotatable bonds is 5. The van der Waals surface area contributed by atoms with E-state index in [9.17, 15) is 5.11 Å². The number of benzene rings is 2. The molecule has 22 heavy (non-hydrogen) atoms. The lowest BCUT2D eigenvalue weighted by Gasteiger charge is -2.20. The minimum atomic E-state index is -0.219. The van der Waals surface area contributed by atoms with Crippen LogP contribution in [0.4, 0.5) is 0 Å². The summed E-state index contributed by atoms with van der Waals surface area (Å²) in [5, 5.41) is 13.1. The van der Waals surface area contributed by atoms with E-state index in [0.717, 1.165) is 18.9 Å². The highest BCUT2D eigenvalue weighted by Gasteiger charge is 2.22. The van der Waals surface area contributed by atoms with Crippen LogP contribution in [0.2, 0.25) is 0 Å². The van der Waals surface area contributed by atoms with E-state index in [0.29, 0.717) is 12.2 Å². The lowest BCUT2D eigenvalue weighted by molar-refractivity contribution is 0.252. The summed E-state index contributed by atoms with van der Waals surface area (Å²) in [5.41, 5.74) is 1.18. The number of aromatic hydroxyl groups is 1. The Hall–Kier alpha value is -2.20. The Kier molecular flexibility index (Phi) is 5.67. The second-order valence-corrected chi connectivity index (χ2v) is 4.96. The summed E-state index contributed by atoms with van der Waals surface area (Å²) in [4.78, 5) is 4.46. The monoisotopic (exact) mass is 318 g/mol. The quantitative estimate of drug-likeness (QED) is 0.891. The topological polar surface area (TPSA) is 53.9 Å². The molecule has 0 aromatic heterocycles. The minimum absolute atomic E-state index is 0. The highest BCUT2D eigenvalue weighted by Crippen LogP contribution is 2.26. The molecule has 0 aliphatic carbocycles. The Bertz CT molecular complexity index is 632. The smallest absolute Gasteiger partial charge is 0.162 e. The van der Waals surface area contributed by atoms with E-state index in [-0.39, 0.29) is 24.3 Å². The van der Waals surface area contributed by atoms with Gasteiger partial charge in [0.25, 0.3) is 0 Å². The van der Waals surface area contributed by atoms with Crippen molar-refractivity contribution in [3.8, 4) is 11.5 Å². The molecular formula is C17H19ClN2O2. The Morgan fingerprint density at radius 1 is 1.09 bits per heavy atom. The second kappa shape index (κ2) is 7.71. The first-order chi connectivity index (χ1) is 10.3. The Balaban J connectivity index is 0.00000176. The maximum Gasteiger partial charge on any atom is 0.162 e. The van der Waals surface area contributed by atoms with Crippen LogP contribution in [0.3, 0.4) is 0 Å². The Labute approximate surface area is 136 Å². The van der Waals surface area contributed by atoms with Crippen LogP contribution in [-0.4, -0.2) is 30.1 Å². The summed E-state index contributed by atoms with van der Waals surface area (Å²) >= 11 is 0. The average molecular weight is 319 g/mol. The normalized spacial score (nSPS) is 14.5. The van der Waals surface area contributed by atoms with E-state index in [1.165, 1.54) is 5.56 Å². The SMILES string of the molecule is Cl.Oc1ccccc1OC(Cc1ccccc1)C1=NCCN1. The fourth-order valence-electron chi connectivity index (χ4n) is 2.36. The summed E-state index contributed by atoms with van der Waals surface area (Å²) < 4.78 is 5.99. The van der Waals surface area contributed by atoms with Crippen molar-refractivity contribution in [2.45, 2.75) is 12.5 Å². The molecule has 1 unspecified atom stereocenters. The first-order valence-electron chi connectivity index (χ1n) is 7.10. The lowest BCUT2D eigenvalue weighted by atomic mass is 10.1. The number of ether oxygens (including phenoxy) is 1. The summed E-state index contributed by atoms with van der Waals surface area (Å²) in [6.45, 7) is 1.61. The number of nitrogens with one attached hydrogen (secondary N) is 1. The van der Waals surface area contributed by atoms with Crippen LogP contribution in [0.15, 0.2) is 59.6 Å². The molecule has 116 valence electrons. The molecule has 0 radical (unpaired) electrons. The molecule has 0 fully saturated rings. The standard InChI is InChI=1S/C17H18N2O2.ClH/c20-14-8-4-5-9-15(14)21-16(17-18-10-11-19-17)12-13-6-2-1-3-7-13;/h1-9,16,20H,10-12H2,(H,18,19);1H. The van der Waals surface area contributed by atoms with E-state index >= 15 is 0 Å². The van der Waals surface area contributed by atoms with Gasteiger partial charge in [-0.05, 0) is 17.7 Å². The largest absolute Gasteiger partial charge is 0.504 e. The molecule has 3 rings (SSSR count). The van der Waals surface area contributed by atoms with E-state index in [2.05, 4.69) is 22.4 Å². The zero-order valence-corrected chi connectivity index (χ0v) is 12.9. The molecule has 0 amide bonds. The van der Waals surface area contributed by atoms with Gasteiger partial charge in [-0.2, -0.15) is 0 Å². The number of aliphatic imine (C=N–C) groups is 1. The van der Waals surface area contributed by atoms with Crippen molar-refractivity contribution < 1.29 is 9.84 Å². The van der Waals surface area contributed by atoms with Crippen LogP contribution in [0.25, 0.3) is 0 Å². The third kappa shape index (κ3) is 3.92. The molecule has 1 aliphatic rings. The first-order valence-corrected chi connectivity index (χ1v) is 7.10. The van der Waals surface area contributed by atoms with Crippen molar-refractivity contribution in [3.63, 3.8) is 0 Å². The number of phenolic OH excluding ortho intramolecular Hbond substituents is 1. The van der Waals surface area contributed by atoms with Gasteiger partial charge < -0.3 is 15.2 Å². The van der Waals surface area contributed by atoms with Crippen molar-refractivity contribution >= 4 is 18.2 Å². The number of phenols is 1. The van der Waals surface area contributed by atoms with E-state index < -0.39 is 0 Å². The number of hydrogen-bond donors (Lipinski definition) is 2. The lowest BCUT2D eigenvalue weighted by Crippen LogP contribution is -2.37. The van der Waals surface area contributed by atoms with Gasteiger partial charge in [0.05, 0.1) is 6.54 Å². The molecule has 0 saturated carbocycles. The Morgan fingerprint density at radius 2 is 1.82 bits per heavy atom. The molecule has 5 heteroatoms. The van der Waals surface area contributed by atoms with Gasteiger partial charge in [-0.1, -0.05) is 42.5 Å². The zero-order valence-electron chi connectivity index (χ0n) is 12.1. The van der Waals surface area contributed by atoms with E-state index in [1.54, 1.807) is 18.2 Å². The van der Waals surface area contributed by atoms with Crippen LogP contribution < -0.4 is 10.1 Å². The summed E-state index contributed by atoms with van der Waals surface area (Å²) in [5.74, 6) is 1.48. The molecule has 2 aromatic carbocycles. The Morgan fingerprint density at radius 3 is 2.50 bits per heavy atom. The average Bonchev–Trinajstić information content (AvgIpc) is 3.04. The molecule has 2 N–H and O–H groups in total. The van der Waals surface area contributed by atoms with Crippen LogP contribution in [-0.2, 0) is 6.42 Å². The van der Waals surface area contributed by atoms with Gasteiger partial charge in [0.15, 0.2) is 17.6 Å². The van der Waals surface area contributed by atoms with E-state index in [4.69, 9.17) is 4.74 Å². The molecule has 0 saturated heterocycles. The zero-order chi connectivity index (χ0) is 14.5. The molecule has 1 heterocycles. The molecule has 1 aliphatic heterocycles. The fourth-order valence-corrected chi connectivity index (χ4v) is 2.36. The van der Waals surface area contributed by atoms with Gasteiger partial charge in [-0.3, -0.25) is 4.99 Å². The van der Waals surface area contributed by atoms with Gasteiger partial charge >= 0.3 is 0 Å². The fraction of sp³-hybridized carbons (Fsp3) is 0.235. The van der Waals surface area contributed by atoms with Crippen molar-refractivity contribution in [3.05, 3.63) is 60.2 Å². The van der Waals surface area contributed by atoms with Gasteiger partial charge in [-0.25, -0.2) is 0 Å². The van der Waals surface area contributed by atoms with E-state index in [1.807, 2.05) is 24.3 Å². The van der Waals surface area contributed by atoms with Gasteiger partial charge in [-0.15, -0.1) is 12.4 Å². The maximum absolute atomic E-state index is 9.88. The van der Waals surface area contributed by atoms with Gasteiger partial charge in [0, 0.05) is 13.0 Å². The van der Waals surface area contributed by atoms with Crippen molar-refractivity contribution in [2.75, 3.05) is 13.1 Å². The first kappa shape index (κ1) is 16.2. The van der Waals surface area contributed by atoms with Crippen LogP contribution >= 0.6 is 12.4 Å². The molecule has 2 aromatic rings. The predicted molar refractivity (Wildman–Crippen MR) is 90.2 cm³/mol. The van der Waals surface area contributed by atoms with Crippen molar-refractivity contribution in [2.24, 2.45) is 4.99 Å². The second-order valence-electron chi connectivity index (χ2n) is 4.96. The van der Waals surface area contributed by atoms with Crippen LogP contribution in [0.5, 0.6) is 11.5 Å². The molecule has 1 atom stereocenters. The highest BCUT2D eigenvalue weighted by atomic mass is 35.5. The van der Waals surface area contributed by atoms with Gasteiger partial charge in [0.2, 0.25) is 0 Å². The molecule has 0 spiro atoms. The number of nitrogens with zero attached hydrogens (tertiary/aromatic N) is 1. The van der Waals surface area contributed by atoms with Crippen molar-refractivity contribution in [1.29, 1.82) is 0 Å². The summed E-state index contributed by atoms with van der Waals surface area (Å²) in [7, 11) is 0. The summed E-state index contributed by atoms with van der Waals surface area (Å²) in [6.07, 6.45) is 0.490. The molecule has 0 bridgehead atoms. The number of hydrogen-bond acceptors (Lipinski definition) is 4. The highest BCUT2D eigenvalue weighted by molar-refractivity contribution is 5.88. The number of para-hydroxylation sites is 2. The molecular weight excluding hydrogens is 300 g/mol. The summed E-state index contributed by atoms with van der Waals surface area (Å²) in [6, 6.07) is 17.2. The molecule has 4 nitrogen and oxygen atoms in total. The van der Waals surface area contributed by atoms with Crippen molar-refractivity contribution in [1.82, 2.24) is 5.32 Å². The third-order valence-electron chi connectivity index (χ3n) is 3.40. The number of halogens is 1. The minimum Gasteiger partial charge on any atom is -0.504 e. The van der Waals surface area contributed by atoms with Crippen LogP contribution in [0, 0.1) is 0 Å². The van der Waals surface area contributed by atoms with Crippen LogP contribution in [0.1, 0.15) is 5.56 Å². The third-order valence-corrected chi connectivity index (χ3v) is 3.40. The predicted octanol–water partition coefficient (Wildman–Crippen LogP) is 2.81. The number of amidine groups is 1. The maximum atomic E-state index is 9.88. The van der Waals surface area contributed by atoms with Gasteiger partial charge in [0.1, 0.15) is 5.84 Å².